The Bertz CT molecular complexity index is 466. The topological polar surface area (TPSA) is 41.1 Å². The van der Waals surface area contributed by atoms with Crippen LogP contribution < -0.4 is 10.6 Å². The minimum atomic E-state index is -0.227. The van der Waals surface area contributed by atoms with Crippen molar-refractivity contribution in [3.8, 4) is 0 Å². The van der Waals surface area contributed by atoms with E-state index in [0.717, 1.165) is 44.3 Å². The maximum absolute atomic E-state index is 12.9. The highest BCUT2D eigenvalue weighted by Crippen LogP contribution is 2.32. The molecule has 1 heterocycles. The van der Waals surface area contributed by atoms with Gasteiger partial charge >= 0.3 is 0 Å². The molecule has 1 unspecified atom stereocenters. The molecule has 1 aromatic rings. The molecule has 21 heavy (non-hydrogen) atoms. The van der Waals surface area contributed by atoms with Crippen molar-refractivity contribution in [3.63, 3.8) is 0 Å². The summed E-state index contributed by atoms with van der Waals surface area (Å²) >= 11 is 0. The molecule has 0 aliphatic carbocycles. The molecule has 0 radical (unpaired) electrons. The van der Waals surface area contributed by atoms with Crippen molar-refractivity contribution in [3.05, 3.63) is 35.6 Å². The fourth-order valence-corrected chi connectivity index (χ4v) is 3.05. The first-order chi connectivity index (χ1) is 10.1. The van der Waals surface area contributed by atoms with Crippen LogP contribution in [0.5, 0.6) is 0 Å². The minimum Gasteiger partial charge on any atom is -0.353 e. The van der Waals surface area contributed by atoms with Crippen molar-refractivity contribution in [2.75, 3.05) is 13.1 Å². The Labute approximate surface area is 126 Å². The Morgan fingerprint density at radius 3 is 2.52 bits per heavy atom. The summed E-state index contributed by atoms with van der Waals surface area (Å²) < 4.78 is 12.9. The minimum absolute atomic E-state index is 0.0567. The molecule has 1 atom stereocenters. The maximum atomic E-state index is 12.9. The number of piperidine rings is 1. The Kier molecular flexibility index (Phi) is 5.34. The molecule has 0 saturated carbocycles. The molecular weight excluding hydrogens is 267 g/mol. The molecule has 3 nitrogen and oxygen atoms in total. The van der Waals surface area contributed by atoms with Gasteiger partial charge in [0.1, 0.15) is 5.82 Å². The molecule has 1 amide bonds. The van der Waals surface area contributed by atoms with Crippen LogP contribution in [0.1, 0.15) is 38.7 Å². The van der Waals surface area contributed by atoms with E-state index in [4.69, 9.17) is 0 Å². The molecular formula is C17H25FN2O. The van der Waals surface area contributed by atoms with Crippen LogP contribution >= 0.6 is 0 Å². The summed E-state index contributed by atoms with van der Waals surface area (Å²) in [5.74, 6) is -0.0591. The van der Waals surface area contributed by atoms with Crippen molar-refractivity contribution in [2.24, 2.45) is 5.41 Å². The van der Waals surface area contributed by atoms with Crippen molar-refractivity contribution in [1.82, 2.24) is 10.6 Å². The second kappa shape index (κ2) is 7.03. The molecule has 116 valence electrons. The third kappa shape index (κ3) is 4.03. The molecule has 1 aromatic carbocycles. The summed E-state index contributed by atoms with van der Waals surface area (Å²) in [6, 6.07) is 6.53. The number of rotatable bonds is 5. The van der Waals surface area contributed by atoms with Crippen molar-refractivity contribution in [1.29, 1.82) is 0 Å². The molecule has 4 heteroatoms. The van der Waals surface area contributed by atoms with Gasteiger partial charge in [-0.15, -0.1) is 0 Å². The van der Waals surface area contributed by atoms with E-state index in [2.05, 4.69) is 17.6 Å². The molecule has 2 N–H and O–H groups in total. The van der Waals surface area contributed by atoms with Crippen LogP contribution in [0.4, 0.5) is 4.39 Å². The standard InChI is InChI=1S/C17H25FN2O/c1-3-17(8-10-19-11-9-17)16(21)20-13(2)12-14-4-6-15(18)7-5-14/h4-7,13,19H,3,8-12H2,1-2H3,(H,20,21). The maximum Gasteiger partial charge on any atom is 0.226 e. The monoisotopic (exact) mass is 292 g/mol. The zero-order valence-electron chi connectivity index (χ0n) is 12.9. The first-order valence-corrected chi connectivity index (χ1v) is 7.82. The molecule has 2 rings (SSSR count). The highest BCUT2D eigenvalue weighted by atomic mass is 19.1. The Balaban J connectivity index is 1.93. The van der Waals surface area contributed by atoms with Crippen LogP contribution in [0.25, 0.3) is 0 Å². The van der Waals surface area contributed by atoms with Gasteiger partial charge in [-0.3, -0.25) is 4.79 Å². The predicted molar refractivity (Wildman–Crippen MR) is 82.5 cm³/mol. The van der Waals surface area contributed by atoms with E-state index in [1.807, 2.05) is 6.92 Å². The molecule has 0 bridgehead atoms. The zero-order chi connectivity index (χ0) is 15.3. The lowest BCUT2D eigenvalue weighted by Gasteiger charge is -2.36. The molecule has 0 spiro atoms. The van der Waals surface area contributed by atoms with Gasteiger partial charge in [-0.25, -0.2) is 4.39 Å². The first-order valence-electron chi connectivity index (χ1n) is 7.82. The summed E-state index contributed by atoms with van der Waals surface area (Å²) in [6.07, 6.45) is 3.41. The van der Waals surface area contributed by atoms with Gasteiger partial charge in [-0.2, -0.15) is 0 Å². The van der Waals surface area contributed by atoms with Crippen LogP contribution in [0, 0.1) is 11.2 Å². The Hall–Kier alpha value is -1.42. The van der Waals surface area contributed by atoms with Gasteiger partial charge in [-0.1, -0.05) is 19.1 Å². The second-order valence-corrected chi connectivity index (χ2v) is 6.09. The van der Waals surface area contributed by atoms with Crippen molar-refractivity contribution in [2.45, 2.75) is 45.6 Å². The summed E-state index contributed by atoms with van der Waals surface area (Å²) in [7, 11) is 0. The van der Waals surface area contributed by atoms with Gasteiger partial charge in [0, 0.05) is 6.04 Å². The highest BCUT2D eigenvalue weighted by Gasteiger charge is 2.37. The largest absolute Gasteiger partial charge is 0.353 e. The number of carbonyl (C=O) groups is 1. The predicted octanol–water partition coefficient (Wildman–Crippen LogP) is 2.65. The van der Waals surface area contributed by atoms with Crippen molar-refractivity contribution < 1.29 is 9.18 Å². The molecule has 0 aromatic heterocycles. The van der Waals surface area contributed by atoms with Crippen LogP contribution in [-0.4, -0.2) is 25.0 Å². The highest BCUT2D eigenvalue weighted by molar-refractivity contribution is 5.83. The zero-order valence-corrected chi connectivity index (χ0v) is 12.9. The first kappa shape index (κ1) is 16.0. The quantitative estimate of drug-likeness (QED) is 0.876. The van der Waals surface area contributed by atoms with Crippen molar-refractivity contribution >= 4 is 5.91 Å². The molecule has 1 fully saturated rings. The third-order valence-electron chi connectivity index (χ3n) is 4.55. The Morgan fingerprint density at radius 1 is 1.33 bits per heavy atom. The molecule has 1 saturated heterocycles. The molecule has 1 aliphatic heterocycles. The van der Waals surface area contributed by atoms with Crippen LogP contribution in [0.15, 0.2) is 24.3 Å². The smallest absolute Gasteiger partial charge is 0.226 e. The normalized spacial score (nSPS) is 19.0. The van der Waals surface area contributed by atoms with Gasteiger partial charge < -0.3 is 10.6 Å². The van der Waals surface area contributed by atoms with Crippen LogP contribution in [0.2, 0.25) is 0 Å². The SMILES string of the molecule is CCC1(C(=O)NC(C)Cc2ccc(F)cc2)CCNCC1. The Morgan fingerprint density at radius 2 is 1.95 bits per heavy atom. The van der Waals surface area contributed by atoms with Gasteiger partial charge in [0.05, 0.1) is 5.41 Å². The van der Waals surface area contributed by atoms with Gasteiger partial charge in [0.15, 0.2) is 0 Å². The van der Waals surface area contributed by atoms with E-state index >= 15 is 0 Å². The van der Waals surface area contributed by atoms with Crippen LogP contribution in [-0.2, 0) is 11.2 Å². The van der Waals surface area contributed by atoms with Gasteiger partial charge in [-0.05, 0) is 63.4 Å². The number of benzene rings is 1. The van der Waals surface area contributed by atoms with Crippen LogP contribution in [0.3, 0.4) is 0 Å². The van der Waals surface area contributed by atoms with E-state index in [9.17, 15) is 9.18 Å². The third-order valence-corrected chi connectivity index (χ3v) is 4.55. The summed E-state index contributed by atoms with van der Waals surface area (Å²) in [6.45, 7) is 5.92. The number of amides is 1. The summed E-state index contributed by atoms with van der Waals surface area (Å²) in [5.41, 5.74) is 0.822. The van der Waals surface area contributed by atoms with E-state index < -0.39 is 0 Å². The second-order valence-electron chi connectivity index (χ2n) is 6.09. The number of carbonyl (C=O) groups excluding carboxylic acids is 1. The number of hydrogen-bond acceptors (Lipinski definition) is 2. The fourth-order valence-electron chi connectivity index (χ4n) is 3.05. The number of hydrogen-bond donors (Lipinski definition) is 2. The lowest BCUT2D eigenvalue weighted by Crippen LogP contribution is -2.49. The van der Waals surface area contributed by atoms with Gasteiger partial charge in [0.25, 0.3) is 0 Å². The average Bonchev–Trinajstić information content (AvgIpc) is 2.50. The van der Waals surface area contributed by atoms with E-state index in [-0.39, 0.29) is 23.2 Å². The lowest BCUT2D eigenvalue weighted by atomic mass is 9.75. The lowest BCUT2D eigenvalue weighted by molar-refractivity contribution is -0.133. The average molecular weight is 292 g/mol. The fraction of sp³-hybridized carbons (Fsp3) is 0.588. The number of nitrogens with one attached hydrogen (secondary N) is 2. The number of halogens is 1. The van der Waals surface area contributed by atoms with E-state index in [1.165, 1.54) is 12.1 Å². The summed E-state index contributed by atoms with van der Waals surface area (Å²) in [5, 5.41) is 6.46. The van der Waals surface area contributed by atoms with E-state index in [1.54, 1.807) is 12.1 Å². The summed E-state index contributed by atoms with van der Waals surface area (Å²) in [4.78, 5) is 12.6. The van der Waals surface area contributed by atoms with E-state index in [0.29, 0.717) is 0 Å². The molecule has 1 aliphatic rings. The van der Waals surface area contributed by atoms with Gasteiger partial charge in [0.2, 0.25) is 5.91 Å².